The third-order valence-corrected chi connectivity index (χ3v) is 4.50. The maximum Gasteiger partial charge on any atom is 0.277 e. The Morgan fingerprint density at radius 1 is 1.16 bits per heavy atom. The van der Waals surface area contributed by atoms with E-state index in [4.69, 9.17) is 27.6 Å². The summed E-state index contributed by atoms with van der Waals surface area (Å²) in [5.74, 6) is -0.515. The van der Waals surface area contributed by atoms with Crippen molar-refractivity contribution in [2.45, 2.75) is 5.22 Å². The lowest BCUT2D eigenvalue weighted by Gasteiger charge is -2.06. The van der Waals surface area contributed by atoms with Crippen LogP contribution < -0.4 is 5.32 Å². The van der Waals surface area contributed by atoms with Crippen LogP contribution in [0.15, 0.2) is 52.1 Å². The van der Waals surface area contributed by atoms with Crippen LogP contribution in [0.25, 0.3) is 11.5 Å². The Labute approximate surface area is 156 Å². The molecule has 0 unspecified atom stereocenters. The molecule has 9 heteroatoms. The molecule has 0 spiro atoms. The maximum atomic E-state index is 13.0. The zero-order valence-corrected chi connectivity index (χ0v) is 14.8. The summed E-state index contributed by atoms with van der Waals surface area (Å²) in [6.45, 7) is 0. The van der Waals surface area contributed by atoms with Crippen molar-refractivity contribution in [3.8, 4) is 11.5 Å². The predicted octanol–water partition coefficient (Wildman–Crippen LogP) is 4.91. The standard InChI is InChI=1S/C16H10Cl2FN3O2S/c17-11-4-2-1-3-10(11)15-21-22-16(24-15)25-8-14(23)20-13-6-5-9(19)7-12(13)18/h1-7H,8H2,(H,20,23). The number of aromatic nitrogens is 2. The lowest BCUT2D eigenvalue weighted by molar-refractivity contribution is -0.113. The number of carbonyl (C=O) groups is 1. The molecule has 3 aromatic rings. The zero-order chi connectivity index (χ0) is 17.8. The van der Waals surface area contributed by atoms with Gasteiger partial charge in [0.15, 0.2) is 0 Å². The summed E-state index contributed by atoms with van der Waals surface area (Å²) < 4.78 is 18.5. The molecule has 0 saturated heterocycles. The summed E-state index contributed by atoms with van der Waals surface area (Å²) in [5, 5.41) is 11.2. The summed E-state index contributed by atoms with van der Waals surface area (Å²) in [6, 6.07) is 10.8. The van der Waals surface area contributed by atoms with E-state index in [9.17, 15) is 9.18 Å². The Kier molecular flexibility index (Phi) is 5.57. The van der Waals surface area contributed by atoms with E-state index in [1.54, 1.807) is 24.3 Å². The molecule has 25 heavy (non-hydrogen) atoms. The highest BCUT2D eigenvalue weighted by Gasteiger charge is 2.14. The van der Waals surface area contributed by atoms with E-state index in [1.165, 1.54) is 12.1 Å². The molecule has 0 bridgehead atoms. The van der Waals surface area contributed by atoms with Crippen molar-refractivity contribution >= 4 is 46.6 Å². The number of halogens is 3. The molecule has 3 rings (SSSR count). The van der Waals surface area contributed by atoms with E-state index in [-0.39, 0.29) is 27.8 Å². The number of hydrogen-bond acceptors (Lipinski definition) is 5. The van der Waals surface area contributed by atoms with Gasteiger partial charge in [0.2, 0.25) is 11.8 Å². The fourth-order valence-corrected chi connectivity index (χ4v) is 2.91. The monoisotopic (exact) mass is 397 g/mol. The minimum Gasteiger partial charge on any atom is -0.411 e. The summed E-state index contributed by atoms with van der Waals surface area (Å²) in [6.07, 6.45) is 0. The largest absolute Gasteiger partial charge is 0.411 e. The normalized spacial score (nSPS) is 10.7. The fourth-order valence-electron chi connectivity index (χ4n) is 1.92. The van der Waals surface area contributed by atoms with Gasteiger partial charge in [0.1, 0.15) is 5.82 Å². The van der Waals surface area contributed by atoms with Crippen molar-refractivity contribution in [2.75, 3.05) is 11.1 Å². The van der Waals surface area contributed by atoms with Gasteiger partial charge in [-0.15, -0.1) is 10.2 Å². The third kappa shape index (κ3) is 4.50. The highest BCUT2D eigenvalue weighted by Crippen LogP contribution is 2.29. The Hall–Kier alpha value is -2.09. The van der Waals surface area contributed by atoms with Crippen LogP contribution >= 0.6 is 35.0 Å². The molecule has 128 valence electrons. The number of carbonyl (C=O) groups excluding carboxylic acids is 1. The van der Waals surface area contributed by atoms with Gasteiger partial charge in [0.05, 0.1) is 27.0 Å². The Morgan fingerprint density at radius 2 is 1.96 bits per heavy atom. The molecule has 1 amide bonds. The average molecular weight is 398 g/mol. The van der Waals surface area contributed by atoms with Gasteiger partial charge in [-0.05, 0) is 30.3 Å². The van der Waals surface area contributed by atoms with Crippen LogP contribution in [0.3, 0.4) is 0 Å². The maximum absolute atomic E-state index is 13.0. The second-order valence-electron chi connectivity index (χ2n) is 4.81. The summed E-state index contributed by atoms with van der Waals surface area (Å²) in [4.78, 5) is 12.0. The Bertz CT molecular complexity index is 920. The van der Waals surface area contributed by atoms with Gasteiger partial charge >= 0.3 is 0 Å². The average Bonchev–Trinajstić information content (AvgIpc) is 3.05. The number of rotatable bonds is 5. The van der Waals surface area contributed by atoms with Gasteiger partial charge in [-0.3, -0.25) is 4.79 Å². The van der Waals surface area contributed by atoms with Gasteiger partial charge < -0.3 is 9.73 Å². The van der Waals surface area contributed by atoms with Gasteiger partial charge in [0, 0.05) is 0 Å². The minimum absolute atomic E-state index is 0.0257. The summed E-state index contributed by atoms with van der Waals surface area (Å²) in [7, 11) is 0. The molecule has 0 saturated carbocycles. The highest BCUT2D eigenvalue weighted by molar-refractivity contribution is 7.99. The second-order valence-corrected chi connectivity index (χ2v) is 6.55. The lowest BCUT2D eigenvalue weighted by atomic mass is 10.2. The van der Waals surface area contributed by atoms with Crippen LogP contribution in [0.1, 0.15) is 0 Å². The van der Waals surface area contributed by atoms with Gasteiger partial charge in [-0.25, -0.2) is 4.39 Å². The number of hydrogen-bond donors (Lipinski definition) is 1. The molecule has 0 aliphatic carbocycles. The van der Waals surface area contributed by atoms with Gasteiger partial charge in [-0.2, -0.15) is 0 Å². The molecule has 0 radical (unpaired) electrons. The van der Waals surface area contributed by atoms with Crippen molar-refractivity contribution in [1.82, 2.24) is 10.2 Å². The van der Waals surface area contributed by atoms with Crippen LogP contribution in [-0.2, 0) is 4.79 Å². The first kappa shape index (κ1) is 17.7. The number of benzene rings is 2. The summed E-state index contributed by atoms with van der Waals surface area (Å²) >= 11 is 13.0. The lowest BCUT2D eigenvalue weighted by Crippen LogP contribution is -2.14. The van der Waals surface area contributed by atoms with E-state index in [0.717, 1.165) is 17.8 Å². The first-order chi connectivity index (χ1) is 12.0. The highest BCUT2D eigenvalue weighted by atomic mass is 35.5. The van der Waals surface area contributed by atoms with Crippen molar-refractivity contribution in [3.05, 3.63) is 58.3 Å². The topological polar surface area (TPSA) is 68.0 Å². The quantitative estimate of drug-likeness (QED) is 0.619. The third-order valence-electron chi connectivity index (χ3n) is 3.04. The Morgan fingerprint density at radius 3 is 2.72 bits per heavy atom. The zero-order valence-electron chi connectivity index (χ0n) is 12.5. The van der Waals surface area contributed by atoms with Crippen LogP contribution in [0.5, 0.6) is 0 Å². The van der Waals surface area contributed by atoms with E-state index >= 15 is 0 Å². The minimum atomic E-state index is -0.477. The van der Waals surface area contributed by atoms with Crippen LogP contribution in [-0.4, -0.2) is 21.9 Å². The van der Waals surface area contributed by atoms with E-state index < -0.39 is 5.82 Å². The second kappa shape index (κ2) is 7.86. The molecule has 1 aromatic heterocycles. The summed E-state index contributed by atoms with van der Waals surface area (Å²) in [5.41, 5.74) is 0.946. The van der Waals surface area contributed by atoms with E-state index in [2.05, 4.69) is 15.5 Å². The molecule has 2 aromatic carbocycles. The molecule has 0 fully saturated rings. The Balaban J connectivity index is 1.60. The predicted molar refractivity (Wildman–Crippen MR) is 95.5 cm³/mol. The molecular weight excluding hydrogens is 388 g/mol. The first-order valence-corrected chi connectivity index (χ1v) is 8.73. The molecular formula is C16H10Cl2FN3O2S. The number of anilines is 1. The number of thioether (sulfide) groups is 1. The van der Waals surface area contributed by atoms with Crippen LogP contribution in [0.2, 0.25) is 10.0 Å². The number of nitrogens with one attached hydrogen (secondary N) is 1. The molecule has 5 nitrogen and oxygen atoms in total. The smallest absolute Gasteiger partial charge is 0.277 e. The molecule has 0 aliphatic heterocycles. The van der Waals surface area contributed by atoms with Crippen molar-refractivity contribution in [3.63, 3.8) is 0 Å². The molecule has 0 aliphatic rings. The van der Waals surface area contributed by atoms with E-state index in [0.29, 0.717) is 16.3 Å². The van der Waals surface area contributed by atoms with Crippen molar-refractivity contribution < 1.29 is 13.6 Å². The first-order valence-electron chi connectivity index (χ1n) is 6.99. The van der Waals surface area contributed by atoms with Crippen LogP contribution in [0.4, 0.5) is 10.1 Å². The number of nitrogens with zero attached hydrogens (tertiary/aromatic N) is 2. The molecule has 1 N–H and O–H groups in total. The molecule has 0 atom stereocenters. The van der Waals surface area contributed by atoms with Crippen molar-refractivity contribution in [1.29, 1.82) is 0 Å². The van der Waals surface area contributed by atoms with Gasteiger partial charge in [-0.1, -0.05) is 47.1 Å². The van der Waals surface area contributed by atoms with Crippen LogP contribution in [0, 0.1) is 5.82 Å². The molecule has 1 heterocycles. The van der Waals surface area contributed by atoms with Crippen molar-refractivity contribution in [2.24, 2.45) is 0 Å². The van der Waals surface area contributed by atoms with Gasteiger partial charge in [0.25, 0.3) is 5.22 Å². The fraction of sp³-hybridized carbons (Fsp3) is 0.0625. The number of amides is 1. The SMILES string of the molecule is O=C(CSc1nnc(-c2ccccc2Cl)o1)Nc1ccc(F)cc1Cl. The van der Waals surface area contributed by atoms with E-state index in [1.807, 2.05) is 0 Å².